The van der Waals surface area contributed by atoms with E-state index in [1.165, 1.54) is 12.4 Å². The summed E-state index contributed by atoms with van der Waals surface area (Å²) in [5, 5.41) is 20.7. The zero-order valence-corrected chi connectivity index (χ0v) is 9.05. The second kappa shape index (κ2) is 5.87. The molecule has 0 aliphatic rings. The van der Waals surface area contributed by atoms with Gasteiger partial charge in [0.1, 0.15) is 12.4 Å². The molecule has 0 unspecified atom stereocenters. The summed E-state index contributed by atoms with van der Waals surface area (Å²) in [6.45, 7) is 5.45. The number of aliphatic hydroxyl groups excluding tert-OH is 1. The minimum Gasteiger partial charge on any atom is -0.487 e. The largest absolute Gasteiger partial charge is 0.487 e. The fourth-order valence-corrected chi connectivity index (χ4v) is 1.29. The Morgan fingerprint density at radius 3 is 2.94 bits per heavy atom. The van der Waals surface area contributed by atoms with E-state index in [4.69, 9.17) is 15.1 Å². The quantitative estimate of drug-likeness (QED) is 0.340. The molecule has 0 saturated heterocycles. The van der Waals surface area contributed by atoms with Gasteiger partial charge in [-0.15, -0.1) is 0 Å². The van der Waals surface area contributed by atoms with Crippen LogP contribution < -0.4 is 4.74 Å². The van der Waals surface area contributed by atoms with E-state index < -0.39 is 0 Å². The van der Waals surface area contributed by atoms with Crippen LogP contribution in [0.5, 0.6) is 5.75 Å². The highest BCUT2D eigenvalue weighted by molar-refractivity contribution is 5.85. The van der Waals surface area contributed by atoms with Gasteiger partial charge in [0.2, 0.25) is 0 Å². The Kier molecular flexibility index (Phi) is 4.47. The molecule has 0 aliphatic heterocycles. The minimum atomic E-state index is -0.195. The van der Waals surface area contributed by atoms with Crippen molar-refractivity contribution in [2.45, 2.75) is 13.5 Å². The normalized spacial score (nSPS) is 10.6. The first-order chi connectivity index (χ1) is 7.74. The molecule has 1 heterocycles. The number of ether oxygens (including phenoxy) is 1. The molecular formula is C11H14N2O3. The molecule has 0 aromatic carbocycles. The second-order valence-corrected chi connectivity index (χ2v) is 3.11. The van der Waals surface area contributed by atoms with Crippen LogP contribution in [0.15, 0.2) is 24.0 Å². The van der Waals surface area contributed by atoms with E-state index in [-0.39, 0.29) is 6.61 Å². The maximum Gasteiger partial charge on any atom is 0.150 e. The summed E-state index contributed by atoms with van der Waals surface area (Å²) >= 11 is 0. The lowest BCUT2D eigenvalue weighted by molar-refractivity contribution is 0.279. The zero-order valence-electron chi connectivity index (χ0n) is 9.05. The van der Waals surface area contributed by atoms with Crippen molar-refractivity contribution in [3.63, 3.8) is 0 Å². The molecule has 0 spiro atoms. The highest BCUT2D eigenvalue weighted by atomic mass is 16.5. The molecule has 0 saturated carbocycles. The van der Waals surface area contributed by atoms with Crippen molar-refractivity contribution in [1.82, 2.24) is 4.98 Å². The van der Waals surface area contributed by atoms with Crippen LogP contribution >= 0.6 is 0 Å². The monoisotopic (exact) mass is 222 g/mol. The summed E-state index contributed by atoms with van der Waals surface area (Å²) in [5.41, 5.74) is 1.73. The fraction of sp³-hybridized carbons (Fsp3) is 0.273. The lowest BCUT2D eigenvalue weighted by Crippen LogP contribution is -2.05. The van der Waals surface area contributed by atoms with Crippen LogP contribution in [0.4, 0.5) is 0 Å². The molecule has 5 heteroatoms. The number of oxime groups is 1. The van der Waals surface area contributed by atoms with Gasteiger partial charge in [-0.1, -0.05) is 17.8 Å². The molecular weight excluding hydrogens is 208 g/mol. The van der Waals surface area contributed by atoms with Gasteiger partial charge in [-0.25, -0.2) is 0 Å². The van der Waals surface area contributed by atoms with Gasteiger partial charge in [0.15, 0.2) is 0 Å². The predicted molar refractivity (Wildman–Crippen MR) is 60.0 cm³/mol. The average Bonchev–Trinajstić information content (AvgIpc) is 2.29. The van der Waals surface area contributed by atoms with Gasteiger partial charge in [-0.3, -0.25) is 4.98 Å². The van der Waals surface area contributed by atoms with Gasteiger partial charge in [0.05, 0.1) is 18.5 Å². The van der Waals surface area contributed by atoms with Gasteiger partial charge in [0, 0.05) is 17.3 Å². The van der Waals surface area contributed by atoms with Crippen molar-refractivity contribution in [2.24, 2.45) is 5.16 Å². The number of aryl methyl sites for hydroxylation is 1. The summed E-state index contributed by atoms with van der Waals surface area (Å²) < 4.78 is 5.42. The Bertz CT molecular complexity index is 402. The van der Waals surface area contributed by atoms with Crippen molar-refractivity contribution < 1.29 is 15.1 Å². The lowest BCUT2D eigenvalue weighted by atomic mass is 10.1. The Morgan fingerprint density at radius 1 is 1.62 bits per heavy atom. The van der Waals surface area contributed by atoms with Crippen LogP contribution in [0.3, 0.4) is 0 Å². The summed E-state index contributed by atoms with van der Waals surface area (Å²) in [5.74, 6) is 0.490. The summed E-state index contributed by atoms with van der Waals surface area (Å²) in [6, 6.07) is 0. The van der Waals surface area contributed by atoms with E-state index in [1.807, 2.05) is 0 Å². The highest BCUT2D eigenvalue weighted by Crippen LogP contribution is 2.23. The maximum absolute atomic E-state index is 9.13. The molecule has 16 heavy (non-hydrogen) atoms. The SMILES string of the molecule is C=CCOc1c(C)ncc(CO)c1/C=N\O. The topological polar surface area (TPSA) is 74.9 Å². The van der Waals surface area contributed by atoms with Gasteiger partial charge >= 0.3 is 0 Å². The smallest absolute Gasteiger partial charge is 0.150 e. The third-order valence-electron chi connectivity index (χ3n) is 2.04. The molecule has 0 radical (unpaired) electrons. The lowest BCUT2D eigenvalue weighted by Gasteiger charge is -2.12. The number of pyridine rings is 1. The number of nitrogens with zero attached hydrogens (tertiary/aromatic N) is 2. The first-order valence-corrected chi connectivity index (χ1v) is 4.75. The number of rotatable bonds is 5. The van der Waals surface area contributed by atoms with Gasteiger partial charge < -0.3 is 15.1 Å². The van der Waals surface area contributed by atoms with E-state index in [0.717, 1.165) is 0 Å². The molecule has 0 fully saturated rings. The van der Waals surface area contributed by atoms with E-state index in [0.29, 0.717) is 29.2 Å². The maximum atomic E-state index is 9.13. The van der Waals surface area contributed by atoms with Crippen molar-refractivity contribution in [3.8, 4) is 5.75 Å². The zero-order chi connectivity index (χ0) is 12.0. The molecule has 1 aromatic heterocycles. The number of hydrogen-bond donors (Lipinski definition) is 2. The third kappa shape index (κ3) is 2.58. The van der Waals surface area contributed by atoms with E-state index in [2.05, 4.69) is 16.7 Å². The molecule has 0 bridgehead atoms. The van der Waals surface area contributed by atoms with Crippen LogP contribution in [-0.2, 0) is 6.61 Å². The minimum absolute atomic E-state index is 0.195. The first kappa shape index (κ1) is 12.2. The van der Waals surface area contributed by atoms with Crippen molar-refractivity contribution in [1.29, 1.82) is 0 Å². The molecule has 2 N–H and O–H groups in total. The average molecular weight is 222 g/mol. The van der Waals surface area contributed by atoms with Crippen molar-refractivity contribution in [3.05, 3.63) is 35.7 Å². The fourth-order valence-electron chi connectivity index (χ4n) is 1.29. The molecule has 0 atom stereocenters. The second-order valence-electron chi connectivity index (χ2n) is 3.11. The number of hydrogen-bond acceptors (Lipinski definition) is 5. The molecule has 5 nitrogen and oxygen atoms in total. The van der Waals surface area contributed by atoms with Crippen LogP contribution in [0.2, 0.25) is 0 Å². The van der Waals surface area contributed by atoms with E-state index >= 15 is 0 Å². The Hall–Kier alpha value is -1.88. The van der Waals surface area contributed by atoms with Gasteiger partial charge in [-0.05, 0) is 6.92 Å². The summed E-state index contributed by atoms with van der Waals surface area (Å²) in [6.07, 6.45) is 4.34. The number of aromatic nitrogens is 1. The molecule has 1 rings (SSSR count). The van der Waals surface area contributed by atoms with E-state index in [9.17, 15) is 0 Å². The molecule has 0 amide bonds. The van der Waals surface area contributed by atoms with Gasteiger partial charge in [0.25, 0.3) is 0 Å². The van der Waals surface area contributed by atoms with Crippen LogP contribution in [0.1, 0.15) is 16.8 Å². The molecule has 0 aliphatic carbocycles. The highest BCUT2D eigenvalue weighted by Gasteiger charge is 2.11. The number of aliphatic hydroxyl groups is 1. The van der Waals surface area contributed by atoms with E-state index in [1.54, 1.807) is 13.0 Å². The Balaban J connectivity index is 3.23. The molecule has 1 aromatic rings. The summed E-state index contributed by atoms with van der Waals surface area (Å²) in [7, 11) is 0. The van der Waals surface area contributed by atoms with Crippen LogP contribution in [-0.4, -0.2) is 28.1 Å². The van der Waals surface area contributed by atoms with Crippen LogP contribution in [0.25, 0.3) is 0 Å². The van der Waals surface area contributed by atoms with Crippen molar-refractivity contribution >= 4 is 6.21 Å². The van der Waals surface area contributed by atoms with Crippen LogP contribution in [0, 0.1) is 6.92 Å². The predicted octanol–water partition coefficient (Wildman–Crippen LogP) is 1.26. The standard InChI is InChI=1S/C11H14N2O3/c1-3-4-16-11-8(2)12-5-9(7-14)10(11)6-13-15/h3,5-6,14-15H,1,4,7H2,2H3/b13-6-. The first-order valence-electron chi connectivity index (χ1n) is 4.75. The third-order valence-corrected chi connectivity index (χ3v) is 2.04. The Morgan fingerprint density at radius 2 is 2.38 bits per heavy atom. The Labute approximate surface area is 93.7 Å². The van der Waals surface area contributed by atoms with Crippen molar-refractivity contribution in [2.75, 3.05) is 6.61 Å². The molecule has 86 valence electrons. The van der Waals surface area contributed by atoms with Gasteiger partial charge in [-0.2, -0.15) is 0 Å². The summed E-state index contributed by atoms with van der Waals surface area (Å²) in [4.78, 5) is 4.08.